The van der Waals surface area contributed by atoms with Gasteiger partial charge in [0.2, 0.25) is 0 Å². The number of ether oxygens (including phenoxy) is 4. The minimum Gasteiger partial charge on any atom is -0.497 e. The molecule has 1 saturated carbocycles. The minimum atomic E-state index is -0.650. The molecule has 3 aromatic rings. The van der Waals surface area contributed by atoms with Crippen LogP contribution in [-0.2, 0) is 14.3 Å². The number of esters is 1. The number of nitrogens with one attached hydrogen (secondary N) is 1. The summed E-state index contributed by atoms with van der Waals surface area (Å²) >= 11 is 0. The van der Waals surface area contributed by atoms with Crippen LogP contribution in [0.1, 0.15) is 40.5 Å². The number of aromatic nitrogens is 1. The van der Waals surface area contributed by atoms with Crippen LogP contribution in [0, 0.1) is 5.92 Å². The Hall–Kier alpha value is -3.81. The molecule has 8 nitrogen and oxygen atoms in total. The number of methoxy groups -OCH3 is 1. The Bertz CT molecular complexity index is 1250. The number of carbonyl (C=O) groups excluding carboxylic acids is 2. The lowest BCUT2D eigenvalue weighted by Gasteiger charge is -2.23. The number of rotatable bonds is 7. The van der Waals surface area contributed by atoms with Gasteiger partial charge in [0, 0.05) is 35.5 Å². The molecule has 1 aromatic heterocycles. The molecule has 1 aliphatic rings. The van der Waals surface area contributed by atoms with Crippen molar-refractivity contribution < 1.29 is 28.5 Å². The standard InChI is InChI=1S/C29H34N2O6/c1-6-35-27(32)22-14-20(16-25(22)31-28(33)37-29(2,3)4)36-26-17-23(18-10-8-7-9-11-18)30-24-15-19(34-5)12-13-21(24)26/h7-13,15,17,20,22,25H,6,14,16H2,1-5H3,(H,31,33)/t20-,22-,25+/m1/s1. The molecule has 0 radical (unpaired) electrons. The summed E-state index contributed by atoms with van der Waals surface area (Å²) in [5.74, 6) is 0.446. The zero-order valence-electron chi connectivity index (χ0n) is 21.9. The van der Waals surface area contributed by atoms with E-state index >= 15 is 0 Å². The Kier molecular flexibility index (Phi) is 7.86. The fourth-order valence-electron chi connectivity index (χ4n) is 4.55. The summed E-state index contributed by atoms with van der Waals surface area (Å²) < 4.78 is 22.6. The maximum Gasteiger partial charge on any atom is 0.407 e. The molecule has 37 heavy (non-hydrogen) atoms. The van der Waals surface area contributed by atoms with Crippen molar-refractivity contribution in [1.29, 1.82) is 0 Å². The van der Waals surface area contributed by atoms with Crippen LogP contribution < -0.4 is 14.8 Å². The number of hydrogen-bond donors (Lipinski definition) is 1. The van der Waals surface area contributed by atoms with Gasteiger partial charge in [0.05, 0.1) is 30.8 Å². The zero-order chi connectivity index (χ0) is 26.6. The molecule has 3 atom stereocenters. The number of hydrogen-bond acceptors (Lipinski definition) is 7. The molecule has 0 saturated heterocycles. The lowest BCUT2D eigenvalue weighted by Crippen LogP contribution is -2.43. The number of benzene rings is 2. The van der Waals surface area contributed by atoms with E-state index in [-0.39, 0.29) is 18.7 Å². The Labute approximate surface area is 217 Å². The average Bonchev–Trinajstić information content (AvgIpc) is 3.24. The molecule has 1 aliphatic carbocycles. The van der Waals surface area contributed by atoms with E-state index in [1.54, 1.807) is 34.8 Å². The van der Waals surface area contributed by atoms with Gasteiger partial charge in [-0.05, 0) is 46.2 Å². The van der Waals surface area contributed by atoms with Crippen molar-refractivity contribution in [3.05, 3.63) is 54.6 Å². The lowest BCUT2D eigenvalue weighted by atomic mass is 10.0. The fraction of sp³-hybridized carbons (Fsp3) is 0.414. The predicted molar refractivity (Wildman–Crippen MR) is 141 cm³/mol. The zero-order valence-corrected chi connectivity index (χ0v) is 21.9. The van der Waals surface area contributed by atoms with Crippen LogP contribution in [0.3, 0.4) is 0 Å². The first kappa shape index (κ1) is 26.3. The normalized spacial score (nSPS) is 19.3. The molecule has 1 fully saturated rings. The molecule has 0 unspecified atom stereocenters. The molecule has 196 valence electrons. The summed E-state index contributed by atoms with van der Waals surface area (Å²) in [5, 5.41) is 3.69. The van der Waals surface area contributed by atoms with Gasteiger partial charge in [-0.15, -0.1) is 0 Å². The predicted octanol–water partition coefficient (Wildman–Crippen LogP) is 5.52. The number of amides is 1. The second kappa shape index (κ2) is 11.1. The van der Waals surface area contributed by atoms with E-state index in [2.05, 4.69) is 5.32 Å². The van der Waals surface area contributed by atoms with E-state index in [4.69, 9.17) is 23.9 Å². The third kappa shape index (κ3) is 6.50. The van der Waals surface area contributed by atoms with Crippen molar-refractivity contribution in [3.8, 4) is 22.8 Å². The van der Waals surface area contributed by atoms with E-state index in [9.17, 15) is 9.59 Å². The third-order valence-corrected chi connectivity index (χ3v) is 6.15. The molecule has 1 heterocycles. The van der Waals surface area contributed by atoms with Crippen LogP contribution in [0.25, 0.3) is 22.2 Å². The van der Waals surface area contributed by atoms with Crippen molar-refractivity contribution in [1.82, 2.24) is 10.3 Å². The van der Waals surface area contributed by atoms with Crippen LogP contribution >= 0.6 is 0 Å². The fourth-order valence-corrected chi connectivity index (χ4v) is 4.55. The molecule has 1 amide bonds. The highest BCUT2D eigenvalue weighted by molar-refractivity contribution is 5.89. The van der Waals surface area contributed by atoms with E-state index in [0.29, 0.717) is 24.3 Å². The van der Waals surface area contributed by atoms with Crippen molar-refractivity contribution in [2.24, 2.45) is 5.92 Å². The summed E-state index contributed by atoms with van der Waals surface area (Å²) in [4.78, 5) is 30.1. The monoisotopic (exact) mass is 506 g/mol. The van der Waals surface area contributed by atoms with Crippen LogP contribution in [0.2, 0.25) is 0 Å². The largest absolute Gasteiger partial charge is 0.497 e. The van der Waals surface area contributed by atoms with Crippen molar-refractivity contribution in [2.75, 3.05) is 13.7 Å². The smallest absolute Gasteiger partial charge is 0.407 e. The van der Waals surface area contributed by atoms with Gasteiger partial charge in [-0.2, -0.15) is 0 Å². The molecule has 0 aliphatic heterocycles. The first-order valence-corrected chi connectivity index (χ1v) is 12.5. The summed E-state index contributed by atoms with van der Waals surface area (Å²) in [6.45, 7) is 7.41. The summed E-state index contributed by atoms with van der Waals surface area (Å²) in [6, 6.07) is 17.0. The number of fused-ring (bicyclic) bond motifs is 1. The Balaban J connectivity index is 1.63. The van der Waals surface area contributed by atoms with Gasteiger partial charge < -0.3 is 24.3 Å². The van der Waals surface area contributed by atoms with E-state index in [1.807, 2.05) is 54.6 Å². The van der Waals surface area contributed by atoms with Crippen LogP contribution in [0.4, 0.5) is 4.79 Å². The van der Waals surface area contributed by atoms with E-state index in [1.165, 1.54) is 0 Å². The molecule has 0 spiro atoms. The minimum absolute atomic E-state index is 0.261. The lowest BCUT2D eigenvalue weighted by molar-refractivity contribution is -0.148. The molecular weight excluding hydrogens is 472 g/mol. The average molecular weight is 507 g/mol. The van der Waals surface area contributed by atoms with Gasteiger partial charge >= 0.3 is 12.1 Å². The van der Waals surface area contributed by atoms with E-state index in [0.717, 1.165) is 22.2 Å². The molecule has 8 heteroatoms. The van der Waals surface area contributed by atoms with Gasteiger partial charge in [0.1, 0.15) is 23.2 Å². The van der Waals surface area contributed by atoms with Crippen LogP contribution in [0.15, 0.2) is 54.6 Å². The maximum atomic E-state index is 12.7. The van der Waals surface area contributed by atoms with Gasteiger partial charge in [-0.25, -0.2) is 9.78 Å². The van der Waals surface area contributed by atoms with Crippen LogP contribution in [0.5, 0.6) is 11.5 Å². The first-order chi connectivity index (χ1) is 17.7. The second-order valence-electron chi connectivity index (χ2n) is 10.1. The maximum absolute atomic E-state index is 12.7. The second-order valence-corrected chi connectivity index (χ2v) is 10.1. The molecular formula is C29H34N2O6. The molecule has 4 rings (SSSR count). The van der Waals surface area contributed by atoms with E-state index < -0.39 is 23.7 Å². The molecule has 1 N–H and O–H groups in total. The third-order valence-electron chi connectivity index (χ3n) is 6.15. The molecule has 2 aromatic carbocycles. The number of pyridine rings is 1. The van der Waals surface area contributed by atoms with Crippen molar-refractivity contribution in [2.45, 2.75) is 58.3 Å². The number of carbonyl (C=O) groups is 2. The summed E-state index contributed by atoms with van der Waals surface area (Å²) in [5.41, 5.74) is 1.80. The Morgan fingerprint density at radius 3 is 2.49 bits per heavy atom. The SMILES string of the molecule is CCOC(=O)[C@@H]1C[C@@H](Oc2cc(-c3ccccc3)nc3cc(OC)ccc23)C[C@@H]1NC(=O)OC(C)(C)C. The summed E-state index contributed by atoms with van der Waals surface area (Å²) in [6.07, 6.45) is -0.0607. The highest BCUT2D eigenvalue weighted by Gasteiger charge is 2.42. The van der Waals surface area contributed by atoms with Gasteiger partial charge in [0.15, 0.2) is 0 Å². The van der Waals surface area contributed by atoms with Gasteiger partial charge in [-0.3, -0.25) is 4.79 Å². The Morgan fingerprint density at radius 1 is 1.05 bits per heavy atom. The number of alkyl carbamates (subject to hydrolysis) is 1. The highest BCUT2D eigenvalue weighted by Crippen LogP contribution is 2.36. The Morgan fingerprint density at radius 2 is 1.81 bits per heavy atom. The highest BCUT2D eigenvalue weighted by atomic mass is 16.6. The van der Waals surface area contributed by atoms with Gasteiger partial charge in [0.25, 0.3) is 0 Å². The quantitative estimate of drug-likeness (QED) is 0.421. The van der Waals surface area contributed by atoms with Crippen LogP contribution in [-0.4, -0.2) is 48.5 Å². The molecule has 0 bridgehead atoms. The summed E-state index contributed by atoms with van der Waals surface area (Å²) in [7, 11) is 1.62. The topological polar surface area (TPSA) is 96.0 Å². The van der Waals surface area contributed by atoms with Crippen molar-refractivity contribution in [3.63, 3.8) is 0 Å². The van der Waals surface area contributed by atoms with Gasteiger partial charge in [-0.1, -0.05) is 30.3 Å². The van der Waals surface area contributed by atoms with Crippen molar-refractivity contribution >= 4 is 23.0 Å². The number of nitrogens with zero attached hydrogens (tertiary/aromatic N) is 1. The first-order valence-electron chi connectivity index (χ1n) is 12.5.